The first-order chi connectivity index (χ1) is 11.3. The number of ether oxygens (including phenoxy) is 1. The molecule has 2 unspecified atom stereocenters. The zero-order valence-electron chi connectivity index (χ0n) is 14.0. The molecular formula is C15H22N4O5. The monoisotopic (exact) mass is 338 g/mol. The molecule has 2 heterocycles. The summed E-state index contributed by atoms with van der Waals surface area (Å²) in [7, 11) is 1.63. The number of hydrogen-bond acceptors (Lipinski definition) is 5. The molecule has 1 fully saturated rings. The maximum atomic E-state index is 12.4. The van der Waals surface area contributed by atoms with Gasteiger partial charge in [-0.15, -0.1) is 0 Å². The number of aliphatic carboxylic acids is 1. The van der Waals surface area contributed by atoms with E-state index in [-0.39, 0.29) is 30.5 Å². The third kappa shape index (κ3) is 4.03. The van der Waals surface area contributed by atoms with Gasteiger partial charge in [-0.25, -0.2) is 9.59 Å². The van der Waals surface area contributed by atoms with Gasteiger partial charge in [0.15, 0.2) is 5.82 Å². The molecule has 2 rings (SSSR count). The highest BCUT2D eigenvalue weighted by Crippen LogP contribution is 2.23. The van der Waals surface area contributed by atoms with Gasteiger partial charge in [-0.3, -0.25) is 14.8 Å². The number of amides is 2. The highest BCUT2D eigenvalue weighted by Gasteiger charge is 2.32. The quantitative estimate of drug-likeness (QED) is 0.797. The van der Waals surface area contributed by atoms with Crippen LogP contribution in [0.15, 0.2) is 6.20 Å². The summed E-state index contributed by atoms with van der Waals surface area (Å²) in [5, 5.41) is 15.8. The lowest BCUT2D eigenvalue weighted by Crippen LogP contribution is -2.47. The van der Waals surface area contributed by atoms with Crippen molar-refractivity contribution in [2.75, 3.05) is 25.0 Å². The number of carbonyl (C=O) groups is 3. The van der Waals surface area contributed by atoms with Gasteiger partial charge in [0.1, 0.15) is 5.56 Å². The van der Waals surface area contributed by atoms with Crippen LogP contribution in [-0.4, -0.2) is 57.5 Å². The lowest BCUT2D eigenvalue weighted by molar-refractivity contribution is -0.143. The molecule has 2 N–H and O–H groups in total. The van der Waals surface area contributed by atoms with Gasteiger partial charge in [-0.05, 0) is 19.3 Å². The van der Waals surface area contributed by atoms with Crippen LogP contribution in [0.25, 0.3) is 0 Å². The molecule has 0 spiro atoms. The van der Waals surface area contributed by atoms with E-state index in [0.717, 1.165) is 0 Å². The number of aryl methyl sites for hydroxylation is 1. The van der Waals surface area contributed by atoms with Gasteiger partial charge < -0.3 is 14.7 Å². The van der Waals surface area contributed by atoms with Crippen molar-refractivity contribution in [2.45, 2.75) is 20.3 Å². The van der Waals surface area contributed by atoms with E-state index in [1.165, 1.54) is 15.8 Å². The number of carbonyl (C=O) groups excluding carboxylic acids is 2. The van der Waals surface area contributed by atoms with Crippen LogP contribution in [0, 0.1) is 11.8 Å². The van der Waals surface area contributed by atoms with Gasteiger partial charge in [-0.1, -0.05) is 6.92 Å². The number of anilines is 1. The second-order valence-corrected chi connectivity index (χ2v) is 6.00. The minimum atomic E-state index is -0.913. The number of carboxylic acid groups (broad SMARTS) is 1. The molecule has 9 nitrogen and oxygen atoms in total. The summed E-state index contributed by atoms with van der Waals surface area (Å²) in [4.78, 5) is 37.0. The molecule has 9 heteroatoms. The minimum Gasteiger partial charge on any atom is -0.481 e. The number of aromatic nitrogens is 2. The number of hydrogen-bond donors (Lipinski definition) is 2. The molecule has 2 amide bonds. The van der Waals surface area contributed by atoms with Crippen molar-refractivity contribution >= 4 is 23.8 Å². The fourth-order valence-corrected chi connectivity index (χ4v) is 2.82. The molecule has 2 atom stereocenters. The molecule has 132 valence electrons. The number of piperidine rings is 1. The van der Waals surface area contributed by atoms with E-state index in [4.69, 9.17) is 4.74 Å². The van der Waals surface area contributed by atoms with Gasteiger partial charge >= 0.3 is 18.0 Å². The summed E-state index contributed by atoms with van der Waals surface area (Å²) < 4.78 is 6.34. The molecule has 0 aliphatic carbocycles. The first-order valence-corrected chi connectivity index (χ1v) is 7.81. The molecule has 1 aromatic rings. The first kappa shape index (κ1) is 17.8. The number of nitrogens with one attached hydrogen (secondary N) is 1. The van der Waals surface area contributed by atoms with E-state index in [2.05, 4.69) is 10.4 Å². The number of urea groups is 1. The Morgan fingerprint density at radius 1 is 1.42 bits per heavy atom. The average Bonchev–Trinajstić information content (AvgIpc) is 2.87. The highest BCUT2D eigenvalue weighted by atomic mass is 16.5. The van der Waals surface area contributed by atoms with E-state index < -0.39 is 23.9 Å². The zero-order valence-corrected chi connectivity index (χ0v) is 14.0. The highest BCUT2D eigenvalue weighted by molar-refractivity contribution is 5.99. The molecule has 1 aromatic heterocycles. The third-order valence-corrected chi connectivity index (χ3v) is 3.85. The summed E-state index contributed by atoms with van der Waals surface area (Å²) in [6.07, 6.45) is 2.00. The Morgan fingerprint density at radius 2 is 2.12 bits per heavy atom. The van der Waals surface area contributed by atoms with Crippen LogP contribution in [0.5, 0.6) is 0 Å². The lowest BCUT2D eigenvalue weighted by atomic mass is 9.91. The Balaban J connectivity index is 2.12. The molecule has 1 aliphatic rings. The molecule has 0 saturated carbocycles. The predicted molar refractivity (Wildman–Crippen MR) is 84.7 cm³/mol. The number of rotatable bonds is 4. The van der Waals surface area contributed by atoms with Crippen LogP contribution in [0.3, 0.4) is 0 Å². The summed E-state index contributed by atoms with van der Waals surface area (Å²) in [5.41, 5.74) is 0.160. The fourth-order valence-electron chi connectivity index (χ4n) is 2.82. The summed E-state index contributed by atoms with van der Waals surface area (Å²) >= 11 is 0. The van der Waals surface area contributed by atoms with Gasteiger partial charge in [0, 0.05) is 26.3 Å². The molecule has 0 aromatic carbocycles. The predicted octanol–water partition coefficient (Wildman–Crippen LogP) is 1.17. The van der Waals surface area contributed by atoms with Gasteiger partial charge in [0.2, 0.25) is 0 Å². The van der Waals surface area contributed by atoms with Gasteiger partial charge in [0.05, 0.1) is 12.5 Å². The zero-order chi connectivity index (χ0) is 17.9. The molecule has 0 bridgehead atoms. The van der Waals surface area contributed by atoms with E-state index in [9.17, 15) is 19.5 Å². The van der Waals surface area contributed by atoms with Crippen LogP contribution in [0.1, 0.15) is 30.6 Å². The summed E-state index contributed by atoms with van der Waals surface area (Å²) in [5.74, 6) is -1.89. The number of carboxylic acids is 1. The number of nitrogens with zero attached hydrogens (tertiary/aromatic N) is 3. The Kier molecular flexibility index (Phi) is 5.42. The molecule has 1 saturated heterocycles. The standard InChI is InChI=1S/C15H22N4O5/c1-4-24-14(22)11-8-18(3)17-12(11)16-15(23)19-6-9(2)5-10(7-19)13(20)21/h8-10H,4-7H2,1-3H3,(H,20,21)(H,16,17,23). The van der Waals surface area contributed by atoms with Crippen molar-refractivity contribution in [3.05, 3.63) is 11.8 Å². The van der Waals surface area contributed by atoms with Crippen molar-refractivity contribution in [2.24, 2.45) is 18.9 Å². The molecule has 24 heavy (non-hydrogen) atoms. The van der Waals surface area contributed by atoms with E-state index in [1.807, 2.05) is 6.92 Å². The van der Waals surface area contributed by atoms with E-state index >= 15 is 0 Å². The molecule has 1 aliphatic heterocycles. The first-order valence-electron chi connectivity index (χ1n) is 7.81. The number of esters is 1. The number of likely N-dealkylation sites (tertiary alicyclic amines) is 1. The summed E-state index contributed by atoms with van der Waals surface area (Å²) in [6.45, 7) is 4.39. The van der Waals surface area contributed by atoms with Crippen LogP contribution >= 0.6 is 0 Å². The Bertz CT molecular complexity index is 642. The van der Waals surface area contributed by atoms with E-state index in [1.54, 1.807) is 14.0 Å². The average molecular weight is 338 g/mol. The van der Waals surface area contributed by atoms with Crippen molar-refractivity contribution < 1.29 is 24.2 Å². The van der Waals surface area contributed by atoms with Crippen molar-refractivity contribution in [3.63, 3.8) is 0 Å². The summed E-state index contributed by atoms with van der Waals surface area (Å²) in [6, 6.07) is -0.475. The van der Waals surface area contributed by atoms with Crippen LogP contribution in [0.2, 0.25) is 0 Å². The normalized spacial score (nSPS) is 20.5. The van der Waals surface area contributed by atoms with Crippen molar-refractivity contribution in [1.82, 2.24) is 14.7 Å². The Hall–Kier alpha value is -2.58. The molecular weight excluding hydrogens is 316 g/mol. The Labute approximate surface area is 139 Å². The topological polar surface area (TPSA) is 114 Å². The van der Waals surface area contributed by atoms with Crippen molar-refractivity contribution in [1.29, 1.82) is 0 Å². The van der Waals surface area contributed by atoms with Crippen LogP contribution in [0.4, 0.5) is 10.6 Å². The van der Waals surface area contributed by atoms with Crippen molar-refractivity contribution in [3.8, 4) is 0 Å². The fraction of sp³-hybridized carbons (Fsp3) is 0.600. The minimum absolute atomic E-state index is 0.0823. The lowest BCUT2D eigenvalue weighted by Gasteiger charge is -2.34. The van der Waals surface area contributed by atoms with Gasteiger partial charge in [-0.2, -0.15) is 5.10 Å². The third-order valence-electron chi connectivity index (χ3n) is 3.85. The van der Waals surface area contributed by atoms with E-state index in [0.29, 0.717) is 13.0 Å². The van der Waals surface area contributed by atoms with Crippen LogP contribution in [-0.2, 0) is 16.6 Å². The molecule has 0 radical (unpaired) electrons. The Morgan fingerprint density at radius 3 is 2.75 bits per heavy atom. The van der Waals surface area contributed by atoms with Gasteiger partial charge in [0.25, 0.3) is 0 Å². The second-order valence-electron chi connectivity index (χ2n) is 6.00. The second kappa shape index (κ2) is 7.33. The maximum Gasteiger partial charge on any atom is 0.343 e. The van der Waals surface area contributed by atoms with Crippen LogP contribution < -0.4 is 5.32 Å². The maximum absolute atomic E-state index is 12.4. The largest absolute Gasteiger partial charge is 0.481 e. The SMILES string of the molecule is CCOC(=O)c1cn(C)nc1NC(=O)N1CC(C)CC(C(=O)O)C1. The smallest absolute Gasteiger partial charge is 0.343 e.